The molecule has 1 aromatic heterocycles. The Balaban J connectivity index is 1.29. The molecule has 8 heteroatoms. The lowest BCUT2D eigenvalue weighted by Crippen LogP contribution is -2.43. The number of rotatable bonds is 4. The predicted molar refractivity (Wildman–Crippen MR) is 106 cm³/mol. The van der Waals surface area contributed by atoms with Gasteiger partial charge in [-0.15, -0.1) is 0 Å². The van der Waals surface area contributed by atoms with Crippen molar-refractivity contribution in [1.82, 2.24) is 19.8 Å². The van der Waals surface area contributed by atoms with Gasteiger partial charge in [-0.05, 0) is 42.0 Å². The monoisotopic (exact) mass is 393 g/mol. The van der Waals surface area contributed by atoms with E-state index in [1.165, 1.54) is 24.3 Å². The van der Waals surface area contributed by atoms with Gasteiger partial charge in [-0.1, -0.05) is 12.1 Å². The largest absolute Gasteiger partial charge is 0.334 e. The number of fused-ring (bicyclic) bond motifs is 1. The second-order valence-electron chi connectivity index (χ2n) is 6.82. The van der Waals surface area contributed by atoms with Crippen LogP contribution >= 0.6 is 0 Å². The number of carbonyl (C=O) groups excluding carboxylic acids is 2. The van der Waals surface area contributed by atoms with Crippen LogP contribution in [0.3, 0.4) is 0 Å². The molecule has 0 spiro atoms. The molecule has 0 atom stereocenters. The molecule has 3 amide bonds. The summed E-state index contributed by atoms with van der Waals surface area (Å²) in [4.78, 5) is 30.4. The third kappa shape index (κ3) is 4.43. The molecule has 1 aliphatic heterocycles. The van der Waals surface area contributed by atoms with Crippen molar-refractivity contribution >= 4 is 17.6 Å². The normalized spacial score (nSPS) is 12.9. The number of nitrogens with zero attached hydrogens (tertiary/aromatic N) is 3. The van der Waals surface area contributed by atoms with E-state index < -0.39 is 0 Å². The SMILES string of the molecule is O=C(Nc1ccc(CNC(=O)N2CCn3cncc3C2)cc1)c1ccc(F)cc1. The fourth-order valence-electron chi connectivity index (χ4n) is 3.16. The molecule has 0 radical (unpaired) electrons. The van der Waals surface area contributed by atoms with Crippen LogP contribution in [0, 0.1) is 5.82 Å². The Morgan fingerprint density at radius 3 is 2.55 bits per heavy atom. The van der Waals surface area contributed by atoms with E-state index >= 15 is 0 Å². The number of imidazole rings is 1. The van der Waals surface area contributed by atoms with E-state index in [9.17, 15) is 14.0 Å². The minimum Gasteiger partial charge on any atom is -0.334 e. The molecule has 1 aliphatic rings. The average molecular weight is 393 g/mol. The maximum atomic E-state index is 13.0. The number of halogens is 1. The standard InChI is InChI=1S/C21H20FN5O2/c22-17-5-3-16(4-6-17)20(28)25-18-7-1-15(2-8-18)11-24-21(29)26-9-10-27-14-23-12-19(27)13-26/h1-8,12,14H,9-11,13H2,(H,24,29)(H,25,28). The van der Waals surface area contributed by atoms with Gasteiger partial charge in [0.05, 0.1) is 18.6 Å². The van der Waals surface area contributed by atoms with Crippen molar-refractivity contribution in [3.63, 3.8) is 0 Å². The highest BCUT2D eigenvalue weighted by Crippen LogP contribution is 2.14. The quantitative estimate of drug-likeness (QED) is 0.715. The predicted octanol–water partition coefficient (Wildman–Crippen LogP) is 3.00. The Labute approximate surface area is 167 Å². The van der Waals surface area contributed by atoms with Gasteiger partial charge in [0.25, 0.3) is 5.91 Å². The number of hydrogen-bond acceptors (Lipinski definition) is 3. The van der Waals surface area contributed by atoms with E-state index in [2.05, 4.69) is 15.6 Å². The zero-order chi connectivity index (χ0) is 20.2. The zero-order valence-corrected chi connectivity index (χ0v) is 15.6. The second kappa shape index (κ2) is 8.14. The Bertz CT molecular complexity index is 1010. The number of aromatic nitrogens is 2. The Hall–Kier alpha value is -3.68. The summed E-state index contributed by atoms with van der Waals surface area (Å²) in [6.45, 7) is 2.32. The van der Waals surface area contributed by atoms with Crippen molar-refractivity contribution in [2.75, 3.05) is 11.9 Å². The summed E-state index contributed by atoms with van der Waals surface area (Å²) >= 11 is 0. The molecule has 0 saturated heterocycles. The fourth-order valence-corrected chi connectivity index (χ4v) is 3.16. The molecule has 2 aromatic carbocycles. The summed E-state index contributed by atoms with van der Waals surface area (Å²) in [7, 11) is 0. The Morgan fingerprint density at radius 1 is 1.03 bits per heavy atom. The first-order valence-electron chi connectivity index (χ1n) is 9.26. The Kier molecular flexibility index (Phi) is 5.24. The van der Waals surface area contributed by atoms with Crippen LogP contribution in [-0.4, -0.2) is 32.9 Å². The molecule has 148 valence electrons. The van der Waals surface area contributed by atoms with Gasteiger partial charge in [0.15, 0.2) is 0 Å². The summed E-state index contributed by atoms with van der Waals surface area (Å²) in [6, 6.07) is 12.5. The number of urea groups is 1. The van der Waals surface area contributed by atoms with E-state index in [1.54, 1.807) is 29.6 Å². The summed E-state index contributed by atoms with van der Waals surface area (Å²) < 4.78 is 15.0. The molecule has 0 fully saturated rings. The highest BCUT2D eigenvalue weighted by molar-refractivity contribution is 6.04. The highest BCUT2D eigenvalue weighted by atomic mass is 19.1. The van der Waals surface area contributed by atoms with Crippen LogP contribution < -0.4 is 10.6 Å². The van der Waals surface area contributed by atoms with Crippen molar-refractivity contribution in [3.05, 3.63) is 83.7 Å². The van der Waals surface area contributed by atoms with Crippen LogP contribution in [-0.2, 0) is 19.6 Å². The van der Waals surface area contributed by atoms with Crippen LogP contribution in [0.1, 0.15) is 21.6 Å². The summed E-state index contributed by atoms with van der Waals surface area (Å²) in [6.07, 6.45) is 3.55. The molecule has 0 saturated carbocycles. The van der Waals surface area contributed by atoms with Gasteiger partial charge in [-0.3, -0.25) is 4.79 Å². The summed E-state index contributed by atoms with van der Waals surface area (Å²) in [5, 5.41) is 5.68. The first kappa shape index (κ1) is 18.7. The highest BCUT2D eigenvalue weighted by Gasteiger charge is 2.20. The molecule has 3 aromatic rings. The van der Waals surface area contributed by atoms with E-state index in [1.807, 2.05) is 16.7 Å². The number of nitrogens with one attached hydrogen (secondary N) is 2. The number of anilines is 1. The molecule has 0 aliphatic carbocycles. The minimum absolute atomic E-state index is 0.119. The van der Waals surface area contributed by atoms with E-state index in [-0.39, 0.29) is 17.8 Å². The zero-order valence-electron chi connectivity index (χ0n) is 15.6. The minimum atomic E-state index is -0.386. The van der Waals surface area contributed by atoms with Crippen molar-refractivity contribution < 1.29 is 14.0 Å². The molecule has 0 bridgehead atoms. The number of hydrogen-bond donors (Lipinski definition) is 2. The number of carbonyl (C=O) groups is 2. The van der Waals surface area contributed by atoms with Crippen molar-refractivity contribution in [1.29, 1.82) is 0 Å². The smallest absolute Gasteiger partial charge is 0.318 e. The summed E-state index contributed by atoms with van der Waals surface area (Å²) in [5.74, 6) is -0.696. The van der Waals surface area contributed by atoms with E-state index in [0.29, 0.717) is 30.9 Å². The lowest BCUT2D eigenvalue weighted by atomic mass is 10.2. The van der Waals surface area contributed by atoms with Gasteiger partial charge in [-0.2, -0.15) is 0 Å². The van der Waals surface area contributed by atoms with Gasteiger partial charge >= 0.3 is 6.03 Å². The van der Waals surface area contributed by atoms with E-state index in [4.69, 9.17) is 0 Å². The molecule has 7 nitrogen and oxygen atoms in total. The van der Waals surface area contributed by atoms with Crippen LogP contribution in [0.2, 0.25) is 0 Å². The van der Waals surface area contributed by atoms with Crippen LogP contribution in [0.25, 0.3) is 0 Å². The molecule has 29 heavy (non-hydrogen) atoms. The van der Waals surface area contributed by atoms with Gasteiger partial charge in [-0.25, -0.2) is 14.2 Å². The van der Waals surface area contributed by atoms with Crippen molar-refractivity contribution in [3.8, 4) is 0 Å². The molecule has 4 rings (SSSR count). The van der Waals surface area contributed by atoms with E-state index in [0.717, 1.165) is 17.8 Å². The third-order valence-corrected chi connectivity index (χ3v) is 4.81. The van der Waals surface area contributed by atoms with Crippen LogP contribution in [0.15, 0.2) is 61.1 Å². The molecular weight excluding hydrogens is 373 g/mol. The molecule has 2 heterocycles. The van der Waals surface area contributed by atoms with Crippen molar-refractivity contribution in [2.24, 2.45) is 0 Å². The van der Waals surface area contributed by atoms with Crippen molar-refractivity contribution in [2.45, 2.75) is 19.6 Å². The molecule has 2 N–H and O–H groups in total. The average Bonchev–Trinajstić information content (AvgIpc) is 3.21. The Morgan fingerprint density at radius 2 is 1.79 bits per heavy atom. The number of amides is 3. The van der Waals surface area contributed by atoms with Gasteiger partial charge in [0, 0.05) is 37.1 Å². The maximum absolute atomic E-state index is 13.0. The first-order chi connectivity index (χ1) is 14.1. The second-order valence-corrected chi connectivity index (χ2v) is 6.82. The number of benzene rings is 2. The fraction of sp³-hybridized carbons (Fsp3) is 0.190. The third-order valence-electron chi connectivity index (χ3n) is 4.81. The first-order valence-corrected chi connectivity index (χ1v) is 9.26. The van der Waals surface area contributed by atoms with Gasteiger partial charge < -0.3 is 20.1 Å². The van der Waals surface area contributed by atoms with Gasteiger partial charge in [0.1, 0.15) is 5.82 Å². The lowest BCUT2D eigenvalue weighted by Gasteiger charge is -2.28. The lowest BCUT2D eigenvalue weighted by molar-refractivity contribution is 0.102. The molecular formula is C21H20FN5O2. The maximum Gasteiger partial charge on any atom is 0.318 e. The van der Waals surface area contributed by atoms with Crippen LogP contribution in [0.5, 0.6) is 0 Å². The van der Waals surface area contributed by atoms with Crippen LogP contribution in [0.4, 0.5) is 14.9 Å². The van der Waals surface area contributed by atoms with Gasteiger partial charge in [0.2, 0.25) is 0 Å². The molecule has 0 unspecified atom stereocenters. The summed E-state index contributed by atoms with van der Waals surface area (Å²) in [5.41, 5.74) is 2.94. The topological polar surface area (TPSA) is 79.3 Å².